The molecular formula is C14H17N5O2. The molecule has 1 unspecified atom stereocenters. The Kier molecular flexibility index (Phi) is 4.68. The van der Waals surface area contributed by atoms with Crippen LogP contribution in [-0.2, 0) is 16.1 Å². The molecule has 0 bridgehead atoms. The van der Waals surface area contributed by atoms with Crippen molar-refractivity contribution in [2.75, 3.05) is 0 Å². The molecule has 0 spiro atoms. The molecule has 0 saturated heterocycles. The molecule has 0 radical (unpaired) electrons. The molecule has 2 aromatic rings. The minimum Gasteiger partial charge on any atom is -0.370 e. The molecule has 0 aliphatic heterocycles. The number of nitrogens with one attached hydrogen (secondary N) is 1. The fraction of sp³-hybridized carbons (Fsp3) is 0.214. The molecule has 1 heterocycles. The highest BCUT2D eigenvalue weighted by atomic mass is 16.2. The number of amides is 2. The zero-order valence-electron chi connectivity index (χ0n) is 11.4. The van der Waals surface area contributed by atoms with Crippen molar-refractivity contribution in [3.05, 3.63) is 48.3 Å². The van der Waals surface area contributed by atoms with E-state index < -0.39 is 17.9 Å². The van der Waals surface area contributed by atoms with Gasteiger partial charge in [0.05, 0.1) is 18.2 Å². The largest absolute Gasteiger partial charge is 0.370 e. The summed E-state index contributed by atoms with van der Waals surface area (Å²) in [5.41, 5.74) is 12.4. The lowest BCUT2D eigenvalue weighted by atomic mass is 10.1. The first kappa shape index (κ1) is 14.7. The Labute approximate surface area is 121 Å². The topological polar surface area (TPSA) is 116 Å². The van der Waals surface area contributed by atoms with Gasteiger partial charge in [-0.2, -0.15) is 5.10 Å². The van der Waals surface area contributed by atoms with Gasteiger partial charge in [-0.25, -0.2) is 4.68 Å². The molecule has 0 aliphatic carbocycles. The number of rotatable bonds is 6. The predicted molar refractivity (Wildman–Crippen MR) is 77.2 cm³/mol. The predicted octanol–water partition coefficient (Wildman–Crippen LogP) is -0.309. The summed E-state index contributed by atoms with van der Waals surface area (Å²) in [5, 5.41) is 6.86. The van der Waals surface area contributed by atoms with Gasteiger partial charge in [0.1, 0.15) is 0 Å². The maximum absolute atomic E-state index is 11.8. The molecule has 5 N–H and O–H groups in total. The Bertz CT molecular complexity index is 624. The molecule has 0 saturated carbocycles. The second kappa shape index (κ2) is 6.67. The summed E-state index contributed by atoms with van der Waals surface area (Å²) in [6.07, 6.45) is 3.32. The molecule has 110 valence electrons. The van der Waals surface area contributed by atoms with E-state index in [9.17, 15) is 9.59 Å². The Morgan fingerprint density at radius 1 is 1.29 bits per heavy atom. The molecule has 2 rings (SSSR count). The van der Waals surface area contributed by atoms with E-state index in [2.05, 4.69) is 10.4 Å². The summed E-state index contributed by atoms with van der Waals surface area (Å²) >= 11 is 0. The van der Waals surface area contributed by atoms with E-state index in [1.807, 2.05) is 36.5 Å². The fourth-order valence-corrected chi connectivity index (χ4v) is 1.92. The number of hydrogen-bond donors (Lipinski definition) is 3. The molecule has 7 heteroatoms. The number of carbonyl (C=O) groups is 2. The molecule has 0 aliphatic rings. The normalized spacial score (nSPS) is 11.9. The number of para-hydroxylation sites is 1. The van der Waals surface area contributed by atoms with Crippen molar-refractivity contribution in [3.63, 3.8) is 0 Å². The zero-order valence-corrected chi connectivity index (χ0v) is 11.4. The van der Waals surface area contributed by atoms with E-state index in [4.69, 9.17) is 11.5 Å². The van der Waals surface area contributed by atoms with Gasteiger partial charge in [0.15, 0.2) is 0 Å². The van der Waals surface area contributed by atoms with E-state index >= 15 is 0 Å². The second-order valence-corrected chi connectivity index (χ2v) is 4.57. The van der Waals surface area contributed by atoms with E-state index in [1.165, 1.54) is 0 Å². The minimum absolute atomic E-state index is 0.174. The lowest BCUT2D eigenvalue weighted by Gasteiger charge is -2.13. The third-order valence-corrected chi connectivity index (χ3v) is 2.95. The zero-order chi connectivity index (χ0) is 15.2. The number of benzene rings is 1. The number of nitrogens with two attached hydrogens (primary N) is 2. The van der Waals surface area contributed by atoms with E-state index in [-0.39, 0.29) is 6.42 Å². The molecule has 7 nitrogen and oxygen atoms in total. The van der Waals surface area contributed by atoms with Gasteiger partial charge in [-0.05, 0) is 17.7 Å². The van der Waals surface area contributed by atoms with Crippen molar-refractivity contribution in [2.45, 2.75) is 19.0 Å². The fourth-order valence-electron chi connectivity index (χ4n) is 1.92. The number of primary amides is 1. The van der Waals surface area contributed by atoms with Crippen LogP contribution in [0, 0.1) is 0 Å². The van der Waals surface area contributed by atoms with Crippen LogP contribution >= 0.6 is 0 Å². The number of aromatic nitrogens is 2. The van der Waals surface area contributed by atoms with Crippen LogP contribution in [0.4, 0.5) is 0 Å². The van der Waals surface area contributed by atoms with Crippen LogP contribution in [0.5, 0.6) is 0 Å². The van der Waals surface area contributed by atoms with Gasteiger partial charge < -0.3 is 16.8 Å². The van der Waals surface area contributed by atoms with Crippen LogP contribution in [0.15, 0.2) is 42.7 Å². The Balaban J connectivity index is 2.04. The van der Waals surface area contributed by atoms with Crippen LogP contribution in [0.25, 0.3) is 5.69 Å². The van der Waals surface area contributed by atoms with Gasteiger partial charge in [-0.3, -0.25) is 9.59 Å². The lowest BCUT2D eigenvalue weighted by molar-refractivity contribution is -0.126. The van der Waals surface area contributed by atoms with Crippen molar-refractivity contribution in [1.29, 1.82) is 0 Å². The third kappa shape index (κ3) is 3.90. The summed E-state index contributed by atoms with van der Waals surface area (Å²) in [6, 6.07) is 8.44. The van der Waals surface area contributed by atoms with Crippen LogP contribution in [0.3, 0.4) is 0 Å². The van der Waals surface area contributed by atoms with Gasteiger partial charge in [0, 0.05) is 18.9 Å². The Hall–Kier alpha value is -2.67. The summed E-state index contributed by atoms with van der Waals surface area (Å²) in [7, 11) is 0. The van der Waals surface area contributed by atoms with Crippen LogP contribution in [0.2, 0.25) is 0 Å². The van der Waals surface area contributed by atoms with Gasteiger partial charge >= 0.3 is 0 Å². The van der Waals surface area contributed by atoms with Gasteiger partial charge in [-0.15, -0.1) is 0 Å². The van der Waals surface area contributed by atoms with Crippen molar-refractivity contribution >= 4 is 11.8 Å². The quantitative estimate of drug-likeness (QED) is 0.675. The molecule has 1 aromatic heterocycles. The minimum atomic E-state index is -0.931. The Morgan fingerprint density at radius 3 is 2.71 bits per heavy atom. The SMILES string of the molecule is NC(=O)CC(N)C(=O)NCc1ccccc1-n1cccn1. The molecular weight excluding hydrogens is 270 g/mol. The van der Waals surface area contributed by atoms with Crippen LogP contribution in [0.1, 0.15) is 12.0 Å². The first-order chi connectivity index (χ1) is 10.1. The highest BCUT2D eigenvalue weighted by Crippen LogP contribution is 2.13. The third-order valence-electron chi connectivity index (χ3n) is 2.95. The van der Waals surface area contributed by atoms with Gasteiger partial charge in [-0.1, -0.05) is 18.2 Å². The molecule has 2 amide bonds. The summed E-state index contributed by atoms with van der Waals surface area (Å²) in [5.74, 6) is -1.02. The van der Waals surface area contributed by atoms with Crippen molar-refractivity contribution in [1.82, 2.24) is 15.1 Å². The summed E-state index contributed by atoms with van der Waals surface area (Å²) in [6.45, 7) is 0.293. The number of nitrogens with zero attached hydrogens (tertiary/aromatic N) is 2. The number of hydrogen-bond acceptors (Lipinski definition) is 4. The molecule has 21 heavy (non-hydrogen) atoms. The lowest BCUT2D eigenvalue weighted by Crippen LogP contribution is -2.42. The van der Waals surface area contributed by atoms with Crippen LogP contribution in [-0.4, -0.2) is 27.6 Å². The highest BCUT2D eigenvalue weighted by Gasteiger charge is 2.16. The Morgan fingerprint density at radius 2 is 2.05 bits per heavy atom. The van der Waals surface area contributed by atoms with Crippen molar-refractivity contribution < 1.29 is 9.59 Å². The van der Waals surface area contributed by atoms with Gasteiger partial charge in [0.2, 0.25) is 11.8 Å². The van der Waals surface area contributed by atoms with Gasteiger partial charge in [0.25, 0.3) is 0 Å². The average molecular weight is 287 g/mol. The van der Waals surface area contributed by atoms with Crippen LogP contribution < -0.4 is 16.8 Å². The first-order valence-electron chi connectivity index (χ1n) is 6.47. The first-order valence-corrected chi connectivity index (χ1v) is 6.47. The second-order valence-electron chi connectivity index (χ2n) is 4.57. The maximum Gasteiger partial charge on any atom is 0.237 e. The van der Waals surface area contributed by atoms with Crippen molar-refractivity contribution in [3.8, 4) is 5.69 Å². The highest BCUT2D eigenvalue weighted by molar-refractivity contribution is 5.87. The standard InChI is InChI=1S/C14H17N5O2/c15-11(8-13(16)20)14(21)17-9-10-4-1-2-5-12(10)19-7-3-6-18-19/h1-7,11H,8-9,15H2,(H2,16,20)(H,17,21). The van der Waals surface area contributed by atoms with E-state index in [1.54, 1.807) is 10.9 Å². The molecule has 0 fully saturated rings. The average Bonchev–Trinajstić information content (AvgIpc) is 2.98. The van der Waals surface area contributed by atoms with E-state index in [0.717, 1.165) is 11.3 Å². The van der Waals surface area contributed by atoms with Crippen molar-refractivity contribution in [2.24, 2.45) is 11.5 Å². The smallest absolute Gasteiger partial charge is 0.237 e. The summed E-state index contributed by atoms with van der Waals surface area (Å²) in [4.78, 5) is 22.5. The maximum atomic E-state index is 11.8. The number of carbonyl (C=O) groups excluding carboxylic acids is 2. The molecule has 1 aromatic carbocycles. The monoisotopic (exact) mass is 287 g/mol. The summed E-state index contributed by atoms with van der Waals surface area (Å²) < 4.78 is 1.71. The molecule has 1 atom stereocenters. The van der Waals surface area contributed by atoms with E-state index in [0.29, 0.717) is 6.54 Å².